The number of carbonyl (C=O) groups is 2. The molecule has 0 radical (unpaired) electrons. The normalized spacial score (nSPS) is 23.8. The molecule has 116 valence electrons. The minimum atomic E-state index is -0.0459. The molecule has 5 nitrogen and oxygen atoms in total. The first-order valence-electron chi connectivity index (χ1n) is 7.30. The van der Waals surface area contributed by atoms with Crippen LogP contribution in [0.1, 0.15) is 32.6 Å². The van der Waals surface area contributed by atoms with Crippen molar-refractivity contribution in [2.24, 2.45) is 17.6 Å². The molecule has 2 amide bonds. The van der Waals surface area contributed by atoms with Gasteiger partial charge in [0, 0.05) is 38.6 Å². The van der Waals surface area contributed by atoms with Crippen LogP contribution in [0.2, 0.25) is 0 Å². The number of likely N-dealkylation sites (tertiary alicyclic amines) is 1. The number of carbonyl (C=O) groups excluding carboxylic acids is 2. The summed E-state index contributed by atoms with van der Waals surface area (Å²) in [6.07, 6.45) is 3.87. The average Bonchev–Trinajstić information content (AvgIpc) is 3.28. The van der Waals surface area contributed by atoms with Gasteiger partial charge in [0.2, 0.25) is 11.8 Å². The van der Waals surface area contributed by atoms with E-state index >= 15 is 0 Å². The van der Waals surface area contributed by atoms with E-state index in [1.165, 1.54) is 0 Å². The van der Waals surface area contributed by atoms with Crippen LogP contribution in [0.4, 0.5) is 0 Å². The highest BCUT2D eigenvalue weighted by Gasteiger charge is 2.37. The minimum absolute atomic E-state index is 0. The molecule has 0 aromatic rings. The molecule has 1 aliphatic carbocycles. The number of likely N-dealkylation sites (N-methyl/N-ethyl adjacent to an activating group) is 1. The van der Waals surface area contributed by atoms with Gasteiger partial charge < -0.3 is 15.5 Å². The van der Waals surface area contributed by atoms with Crippen LogP contribution in [0.15, 0.2) is 0 Å². The molecule has 1 aliphatic heterocycles. The Morgan fingerprint density at radius 1 is 1.30 bits per heavy atom. The summed E-state index contributed by atoms with van der Waals surface area (Å²) in [5, 5.41) is 0. The van der Waals surface area contributed by atoms with Crippen LogP contribution in [-0.4, -0.2) is 54.3 Å². The summed E-state index contributed by atoms with van der Waals surface area (Å²) in [5.41, 5.74) is 5.61. The van der Waals surface area contributed by atoms with Gasteiger partial charge in [-0.25, -0.2) is 0 Å². The van der Waals surface area contributed by atoms with Crippen LogP contribution in [0.5, 0.6) is 0 Å². The van der Waals surface area contributed by atoms with Gasteiger partial charge in [0.1, 0.15) is 0 Å². The number of hydrogen-bond donors (Lipinski definition) is 1. The van der Waals surface area contributed by atoms with Crippen molar-refractivity contribution in [1.29, 1.82) is 0 Å². The van der Waals surface area contributed by atoms with Gasteiger partial charge in [0.15, 0.2) is 0 Å². The number of nitrogens with two attached hydrogens (primary N) is 1. The third-order valence-corrected chi connectivity index (χ3v) is 4.36. The van der Waals surface area contributed by atoms with E-state index in [-0.39, 0.29) is 42.1 Å². The molecule has 1 saturated heterocycles. The average molecular weight is 304 g/mol. The summed E-state index contributed by atoms with van der Waals surface area (Å²) >= 11 is 0. The van der Waals surface area contributed by atoms with E-state index in [1.807, 2.05) is 18.9 Å². The zero-order valence-corrected chi connectivity index (χ0v) is 13.2. The van der Waals surface area contributed by atoms with Gasteiger partial charge in [-0.2, -0.15) is 0 Å². The fourth-order valence-electron chi connectivity index (χ4n) is 2.63. The van der Waals surface area contributed by atoms with Crippen LogP contribution in [0, 0.1) is 11.8 Å². The number of amides is 2. The maximum absolute atomic E-state index is 12.4. The summed E-state index contributed by atoms with van der Waals surface area (Å²) in [6, 6.07) is 0.0574. The van der Waals surface area contributed by atoms with Gasteiger partial charge in [-0.3, -0.25) is 9.59 Å². The highest BCUT2D eigenvalue weighted by atomic mass is 35.5. The first kappa shape index (κ1) is 17.2. The molecular formula is C14H26ClN3O2. The van der Waals surface area contributed by atoms with Crippen LogP contribution < -0.4 is 5.73 Å². The minimum Gasteiger partial charge on any atom is -0.342 e. The molecule has 2 rings (SSSR count). The van der Waals surface area contributed by atoms with E-state index in [0.717, 1.165) is 32.2 Å². The Labute approximate surface area is 127 Å². The second-order valence-corrected chi connectivity index (χ2v) is 5.93. The first-order chi connectivity index (χ1) is 9.04. The summed E-state index contributed by atoms with van der Waals surface area (Å²) in [5.74, 6) is 0.586. The van der Waals surface area contributed by atoms with Crippen molar-refractivity contribution in [3.05, 3.63) is 0 Å². The van der Waals surface area contributed by atoms with E-state index < -0.39 is 0 Å². The molecule has 2 N–H and O–H groups in total. The lowest BCUT2D eigenvalue weighted by Crippen LogP contribution is -2.49. The smallest absolute Gasteiger partial charge is 0.227 e. The number of nitrogens with zero attached hydrogens (tertiary/aromatic N) is 2. The van der Waals surface area contributed by atoms with Crippen molar-refractivity contribution in [2.75, 3.05) is 26.7 Å². The van der Waals surface area contributed by atoms with Gasteiger partial charge in [0.05, 0.1) is 5.92 Å². The number of rotatable bonds is 4. The van der Waals surface area contributed by atoms with Gasteiger partial charge in [-0.15, -0.1) is 12.4 Å². The van der Waals surface area contributed by atoms with E-state index in [9.17, 15) is 9.59 Å². The first-order valence-corrected chi connectivity index (χ1v) is 7.30. The second kappa shape index (κ2) is 7.27. The highest BCUT2D eigenvalue weighted by Crippen LogP contribution is 2.32. The maximum Gasteiger partial charge on any atom is 0.227 e. The number of piperidine rings is 1. The van der Waals surface area contributed by atoms with Crippen LogP contribution in [-0.2, 0) is 9.59 Å². The molecule has 0 aromatic heterocycles. The lowest BCUT2D eigenvalue weighted by atomic mass is 9.95. The van der Waals surface area contributed by atoms with Crippen LogP contribution in [0.3, 0.4) is 0 Å². The van der Waals surface area contributed by atoms with Gasteiger partial charge in [-0.05, 0) is 32.6 Å². The quantitative estimate of drug-likeness (QED) is 0.838. The van der Waals surface area contributed by atoms with E-state index in [4.69, 9.17) is 5.73 Å². The fourth-order valence-corrected chi connectivity index (χ4v) is 2.63. The largest absolute Gasteiger partial charge is 0.342 e. The Hall–Kier alpha value is -0.810. The molecule has 2 atom stereocenters. The van der Waals surface area contributed by atoms with Gasteiger partial charge in [-0.1, -0.05) is 0 Å². The van der Waals surface area contributed by atoms with Crippen LogP contribution >= 0.6 is 12.4 Å². The Morgan fingerprint density at radius 3 is 2.50 bits per heavy atom. The lowest BCUT2D eigenvalue weighted by molar-refractivity contribution is -0.141. The fraction of sp³-hybridized carbons (Fsp3) is 0.857. The molecule has 2 fully saturated rings. The number of halogens is 1. The van der Waals surface area contributed by atoms with Gasteiger partial charge >= 0.3 is 0 Å². The molecule has 0 spiro atoms. The Bertz CT molecular complexity index is 360. The Morgan fingerprint density at radius 2 is 1.95 bits per heavy atom. The van der Waals surface area contributed by atoms with Crippen molar-refractivity contribution < 1.29 is 9.59 Å². The van der Waals surface area contributed by atoms with Gasteiger partial charge in [0.25, 0.3) is 0 Å². The third kappa shape index (κ3) is 3.85. The Kier molecular flexibility index (Phi) is 6.27. The van der Waals surface area contributed by atoms with Crippen molar-refractivity contribution in [3.8, 4) is 0 Å². The topological polar surface area (TPSA) is 66.6 Å². The van der Waals surface area contributed by atoms with E-state index in [0.29, 0.717) is 13.1 Å². The summed E-state index contributed by atoms with van der Waals surface area (Å²) in [4.78, 5) is 28.1. The van der Waals surface area contributed by atoms with Crippen molar-refractivity contribution in [2.45, 2.75) is 38.6 Å². The zero-order chi connectivity index (χ0) is 14.0. The zero-order valence-electron chi connectivity index (χ0n) is 12.4. The highest BCUT2D eigenvalue weighted by molar-refractivity contribution is 5.85. The molecule has 0 bridgehead atoms. The molecule has 2 aliphatic rings. The molecular weight excluding hydrogens is 278 g/mol. The molecule has 20 heavy (non-hydrogen) atoms. The SMILES string of the molecule is CC(CN)N(C)C(=O)C1CCCN(C(=O)C2CC2)C1.Cl. The number of hydrogen-bond acceptors (Lipinski definition) is 3. The van der Waals surface area contributed by atoms with Crippen molar-refractivity contribution in [1.82, 2.24) is 9.80 Å². The monoisotopic (exact) mass is 303 g/mol. The van der Waals surface area contributed by atoms with E-state index in [1.54, 1.807) is 4.90 Å². The maximum atomic E-state index is 12.4. The summed E-state index contributed by atoms with van der Waals surface area (Å²) in [7, 11) is 1.81. The van der Waals surface area contributed by atoms with Crippen molar-refractivity contribution >= 4 is 24.2 Å². The molecule has 1 heterocycles. The molecule has 0 aromatic carbocycles. The van der Waals surface area contributed by atoms with Crippen molar-refractivity contribution in [3.63, 3.8) is 0 Å². The van der Waals surface area contributed by atoms with E-state index in [2.05, 4.69) is 0 Å². The second-order valence-electron chi connectivity index (χ2n) is 5.93. The van der Waals surface area contributed by atoms with Crippen LogP contribution in [0.25, 0.3) is 0 Å². The predicted molar refractivity (Wildman–Crippen MR) is 80.6 cm³/mol. The summed E-state index contributed by atoms with van der Waals surface area (Å²) < 4.78 is 0. The predicted octanol–water partition coefficient (Wildman–Crippen LogP) is 0.862. The molecule has 1 saturated carbocycles. The summed E-state index contributed by atoms with van der Waals surface area (Å²) in [6.45, 7) is 3.83. The standard InChI is InChI=1S/C14H25N3O2.ClH/c1-10(8-15)16(2)13(18)12-4-3-7-17(9-12)14(19)11-5-6-11;/h10-12H,3-9,15H2,1-2H3;1H. The third-order valence-electron chi connectivity index (χ3n) is 4.36. The molecule has 2 unspecified atom stereocenters. The Balaban J connectivity index is 0.00000200. The lowest BCUT2D eigenvalue weighted by Gasteiger charge is -2.35. The molecule has 6 heteroatoms.